The van der Waals surface area contributed by atoms with Gasteiger partial charge in [-0.1, -0.05) is 20.8 Å². The minimum Gasteiger partial charge on any atom is -0.398 e. The van der Waals surface area contributed by atoms with Crippen molar-refractivity contribution in [1.82, 2.24) is 4.98 Å². The number of nitrogen functional groups attached to an aromatic ring is 1. The molecule has 2 aromatic rings. The first kappa shape index (κ1) is 13.2. The second-order valence-corrected chi connectivity index (χ2v) is 6.74. The van der Waals surface area contributed by atoms with Crippen molar-refractivity contribution in [1.29, 1.82) is 0 Å². The maximum Gasteiger partial charge on any atom is 0.0727 e. The highest BCUT2D eigenvalue weighted by Crippen LogP contribution is 2.31. The van der Waals surface area contributed by atoms with Crippen LogP contribution in [-0.2, 0) is 5.41 Å². The van der Waals surface area contributed by atoms with Gasteiger partial charge < -0.3 is 10.6 Å². The lowest BCUT2D eigenvalue weighted by Crippen LogP contribution is -2.17. The Balaban J connectivity index is 2.09. The van der Waals surface area contributed by atoms with Crippen LogP contribution in [0.5, 0.6) is 0 Å². The van der Waals surface area contributed by atoms with Crippen molar-refractivity contribution < 1.29 is 0 Å². The third-order valence-electron chi connectivity index (χ3n) is 4.06. The summed E-state index contributed by atoms with van der Waals surface area (Å²) in [6.45, 7) is 8.80. The Hall–Kier alpha value is -1.77. The van der Waals surface area contributed by atoms with E-state index in [1.807, 2.05) is 6.07 Å². The summed E-state index contributed by atoms with van der Waals surface area (Å²) in [6.07, 6.45) is 2.57. The largest absolute Gasteiger partial charge is 0.398 e. The number of rotatable bonds is 1. The lowest BCUT2D eigenvalue weighted by Gasteiger charge is -2.21. The quantitative estimate of drug-likeness (QED) is 0.858. The molecule has 0 spiro atoms. The Labute approximate surface area is 120 Å². The van der Waals surface area contributed by atoms with E-state index >= 15 is 0 Å². The Bertz CT molecular complexity index is 634. The van der Waals surface area contributed by atoms with Crippen LogP contribution in [0.3, 0.4) is 0 Å². The molecule has 0 unspecified atom stereocenters. The molecule has 1 aliphatic heterocycles. The second kappa shape index (κ2) is 4.65. The van der Waals surface area contributed by atoms with Gasteiger partial charge in [0.1, 0.15) is 0 Å². The fourth-order valence-electron chi connectivity index (χ4n) is 2.80. The van der Waals surface area contributed by atoms with Crippen molar-refractivity contribution in [2.45, 2.75) is 39.0 Å². The molecule has 2 N–H and O–H groups in total. The third-order valence-corrected chi connectivity index (χ3v) is 4.06. The summed E-state index contributed by atoms with van der Waals surface area (Å²) in [6, 6.07) is 8.49. The zero-order valence-electron chi connectivity index (χ0n) is 12.6. The van der Waals surface area contributed by atoms with Gasteiger partial charge in [0, 0.05) is 41.0 Å². The van der Waals surface area contributed by atoms with Crippen LogP contribution < -0.4 is 10.6 Å². The molecule has 1 fully saturated rings. The Morgan fingerprint density at radius 2 is 1.80 bits per heavy atom. The van der Waals surface area contributed by atoms with E-state index in [-0.39, 0.29) is 5.41 Å². The van der Waals surface area contributed by atoms with Gasteiger partial charge in [-0.05, 0) is 37.1 Å². The fraction of sp³-hybridized carbons (Fsp3) is 0.471. The first-order valence-electron chi connectivity index (χ1n) is 7.41. The Kier molecular flexibility index (Phi) is 3.08. The van der Waals surface area contributed by atoms with E-state index in [1.165, 1.54) is 18.5 Å². The summed E-state index contributed by atoms with van der Waals surface area (Å²) < 4.78 is 0. The van der Waals surface area contributed by atoms with Crippen LogP contribution in [0.25, 0.3) is 10.9 Å². The van der Waals surface area contributed by atoms with Crippen molar-refractivity contribution in [3.63, 3.8) is 0 Å². The SMILES string of the molecule is CC(C)(C)c1cc(N)c2cc(N3CCCC3)ccc2n1. The zero-order valence-corrected chi connectivity index (χ0v) is 12.6. The number of pyridine rings is 1. The van der Waals surface area contributed by atoms with Gasteiger partial charge in [-0.25, -0.2) is 0 Å². The maximum atomic E-state index is 6.26. The van der Waals surface area contributed by atoms with Crippen molar-refractivity contribution in [3.8, 4) is 0 Å². The molecule has 0 radical (unpaired) electrons. The molecule has 0 bridgehead atoms. The molecule has 3 nitrogen and oxygen atoms in total. The van der Waals surface area contributed by atoms with Crippen LogP contribution in [0.4, 0.5) is 11.4 Å². The summed E-state index contributed by atoms with van der Waals surface area (Å²) >= 11 is 0. The molecule has 0 saturated carbocycles. The predicted molar refractivity (Wildman–Crippen MR) is 86.3 cm³/mol. The molecule has 0 amide bonds. The van der Waals surface area contributed by atoms with Gasteiger partial charge in [-0.3, -0.25) is 4.98 Å². The average Bonchev–Trinajstić information content (AvgIpc) is 2.91. The number of hydrogen-bond acceptors (Lipinski definition) is 3. The molecule has 3 rings (SSSR count). The van der Waals surface area contributed by atoms with Crippen LogP contribution in [-0.4, -0.2) is 18.1 Å². The van der Waals surface area contributed by atoms with E-state index in [2.05, 4.69) is 43.9 Å². The number of anilines is 2. The number of hydrogen-bond donors (Lipinski definition) is 1. The zero-order chi connectivity index (χ0) is 14.3. The van der Waals surface area contributed by atoms with Gasteiger partial charge in [-0.2, -0.15) is 0 Å². The lowest BCUT2D eigenvalue weighted by atomic mass is 9.91. The van der Waals surface area contributed by atoms with E-state index in [0.29, 0.717) is 0 Å². The molecular formula is C17H23N3. The van der Waals surface area contributed by atoms with E-state index < -0.39 is 0 Å². The molecule has 0 aliphatic carbocycles. The molecule has 3 heteroatoms. The Morgan fingerprint density at radius 3 is 2.45 bits per heavy atom. The fourth-order valence-corrected chi connectivity index (χ4v) is 2.80. The van der Waals surface area contributed by atoms with Crippen LogP contribution in [0, 0.1) is 0 Å². The molecule has 1 aromatic heterocycles. The highest BCUT2D eigenvalue weighted by Gasteiger charge is 2.18. The lowest BCUT2D eigenvalue weighted by molar-refractivity contribution is 0.572. The van der Waals surface area contributed by atoms with Gasteiger partial charge in [0.15, 0.2) is 0 Å². The smallest absolute Gasteiger partial charge is 0.0727 e. The molecule has 106 valence electrons. The summed E-state index contributed by atoms with van der Waals surface area (Å²) in [5.74, 6) is 0. The van der Waals surface area contributed by atoms with Crippen LogP contribution in [0.1, 0.15) is 39.3 Å². The average molecular weight is 269 g/mol. The van der Waals surface area contributed by atoms with E-state index in [4.69, 9.17) is 10.7 Å². The number of aromatic nitrogens is 1. The molecule has 1 aromatic carbocycles. The highest BCUT2D eigenvalue weighted by atomic mass is 15.1. The minimum absolute atomic E-state index is 0.0237. The summed E-state index contributed by atoms with van der Waals surface area (Å²) in [5, 5.41) is 1.07. The first-order chi connectivity index (χ1) is 9.45. The van der Waals surface area contributed by atoms with Crippen LogP contribution in [0.15, 0.2) is 24.3 Å². The Morgan fingerprint density at radius 1 is 1.10 bits per heavy atom. The van der Waals surface area contributed by atoms with E-state index in [9.17, 15) is 0 Å². The van der Waals surface area contributed by atoms with Crippen LogP contribution >= 0.6 is 0 Å². The van der Waals surface area contributed by atoms with E-state index in [1.54, 1.807) is 0 Å². The molecule has 1 aliphatic rings. The van der Waals surface area contributed by atoms with Gasteiger partial charge >= 0.3 is 0 Å². The number of nitrogens with zero attached hydrogens (tertiary/aromatic N) is 2. The highest BCUT2D eigenvalue weighted by molar-refractivity contribution is 5.93. The standard InChI is InChI=1S/C17H23N3/c1-17(2,3)16-11-14(18)13-10-12(6-7-15(13)19-16)20-8-4-5-9-20/h6-7,10-11H,4-5,8-9H2,1-3H3,(H2,18,19). The molecule has 1 saturated heterocycles. The number of benzene rings is 1. The molecule has 0 atom stereocenters. The second-order valence-electron chi connectivity index (χ2n) is 6.74. The number of nitrogens with two attached hydrogens (primary N) is 1. The van der Waals surface area contributed by atoms with Crippen molar-refractivity contribution in [2.75, 3.05) is 23.7 Å². The monoisotopic (exact) mass is 269 g/mol. The topological polar surface area (TPSA) is 42.1 Å². The summed E-state index contributed by atoms with van der Waals surface area (Å²) in [4.78, 5) is 7.20. The van der Waals surface area contributed by atoms with Crippen molar-refractivity contribution in [3.05, 3.63) is 30.0 Å². The normalized spacial score (nSPS) is 16.1. The number of fused-ring (bicyclic) bond motifs is 1. The molecule has 2 heterocycles. The third kappa shape index (κ3) is 2.33. The maximum absolute atomic E-state index is 6.26. The van der Waals surface area contributed by atoms with Gasteiger partial charge in [-0.15, -0.1) is 0 Å². The van der Waals surface area contributed by atoms with Crippen LogP contribution in [0.2, 0.25) is 0 Å². The van der Waals surface area contributed by atoms with Crippen molar-refractivity contribution in [2.24, 2.45) is 0 Å². The predicted octanol–water partition coefficient (Wildman–Crippen LogP) is 3.71. The summed E-state index contributed by atoms with van der Waals surface area (Å²) in [7, 11) is 0. The van der Waals surface area contributed by atoms with Gasteiger partial charge in [0.05, 0.1) is 5.52 Å². The van der Waals surface area contributed by atoms with Gasteiger partial charge in [0.2, 0.25) is 0 Å². The molecule has 20 heavy (non-hydrogen) atoms. The molecular weight excluding hydrogens is 246 g/mol. The van der Waals surface area contributed by atoms with Gasteiger partial charge in [0.25, 0.3) is 0 Å². The van der Waals surface area contributed by atoms with E-state index in [0.717, 1.165) is 35.4 Å². The minimum atomic E-state index is 0.0237. The first-order valence-corrected chi connectivity index (χ1v) is 7.41. The van der Waals surface area contributed by atoms with Crippen molar-refractivity contribution >= 4 is 22.3 Å². The summed E-state index contributed by atoms with van der Waals surface area (Å²) in [5.41, 5.74) is 10.4.